The SMILES string of the molecule is CCCOc1cccc(CN2CC(C)NC(C)C2)c1.Cl. The molecule has 1 saturated heterocycles. The van der Waals surface area contributed by atoms with Crippen LogP contribution in [0.1, 0.15) is 32.8 Å². The molecule has 0 saturated carbocycles. The number of hydrogen-bond donors (Lipinski definition) is 1. The van der Waals surface area contributed by atoms with E-state index in [1.165, 1.54) is 5.56 Å². The number of ether oxygens (including phenoxy) is 1. The summed E-state index contributed by atoms with van der Waals surface area (Å²) in [4.78, 5) is 2.52. The number of nitrogens with zero attached hydrogens (tertiary/aromatic N) is 1. The van der Waals surface area contributed by atoms with Gasteiger partial charge in [-0.1, -0.05) is 19.1 Å². The summed E-state index contributed by atoms with van der Waals surface area (Å²) in [6, 6.07) is 9.65. The first-order chi connectivity index (χ1) is 9.17. The Balaban J connectivity index is 0.00000200. The summed E-state index contributed by atoms with van der Waals surface area (Å²) in [5, 5.41) is 3.57. The molecule has 1 aromatic carbocycles. The van der Waals surface area contributed by atoms with Crippen LogP contribution in [0.4, 0.5) is 0 Å². The predicted octanol–water partition coefficient (Wildman–Crippen LogP) is 3.08. The normalized spacial score (nSPS) is 23.1. The number of nitrogens with one attached hydrogen (secondary N) is 1. The highest BCUT2D eigenvalue weighted by Crippen LogP contribution is 2.16. The second-order valence-corrected chi connectivity index (χ2v) is 5.66. The minimum absolute atomic E-state index is 0. The Bertz CT molecular complexity index is 390. The molecule has 1 heterocycles. The lowest BCUT2D eigenvalue weighted by Gasteiger charge is -2.36. The second kappa shape index (κ2) is 8.50. The molecule has 0 aliphatic carbocycles. The van der Waals surface area contributed by atoms with Gasteiger partial charge in [0.05, 0.1) is 6.61 Å². The predicted molar refractivity (Wildman–Crippen MR) is 86.8 cm³/mol. The van der Waals surface area contributed by atoms with Crippen molar-refractivity contribution < 1.29 is 4.74 Å². The van der Waals surface area contributed by atoms with Crippen LogP contribution in [-0.4, -0.2) is 36.7 Å². The van der Waals surface area contributed by atoms with Crippen molar-refractivity contribution in [1.82, 2.24) is 10.2 Å². The van der Waals surface area contributed by atoms with Crippen molar-refractivity contribution in [3.8, 4) is 5.75 Å². The lowest BCUT2D eigenvalue weighted by Crippen LogP contribution is -2.53. The summed E-state index contributed by atoms with van der Waals surface area (Å²) in [5.41, 5.74) is 1.34. The van der Waals surface area contributed by atoms with E-state index in [0.717, 1.165) is 38.4 Å². The summed E-state index contributed by atoms with van der Waals surface area (Å²) in [7, 11) is 0. The van der Waals surface area contributed by atoms with Crippen molar-refractivity contribution in [2.45, 2.75) is 45.8 Å². The Morgan fingerprint density at radius 1 is 1.25 bits per heavy atom. The van der Waals surface area contributed by atoms with Crippen LogP contribution in [0.5, 0.6) is 5.75 Å². The highest BCUT2D eigenvalue weighted by atomic mass is 35.5. The largest absolute Gasteiger partial charge is 0.494 e. The van der Waals surface area contributed by atoms with E-state index in [1.54, 1.807) is 0 Å². The minimum atomic E-state index is 0. The fourth-order valence-corrected chi connectivity index (χ4v) is 2.78. The Morgan fingerprint density at radius 3 is 2.60 bits per heavy atom. The first kappa shape index (κ1) is 17.3. The zero-order chi connectivity index (χ0) is 13.7. The molecule has 1 aromatic rings. The highest BCUT2D eigenvalue weighted by molar-refractivity contribution is 5.85. The molecule has 114 valence electrons. The van der Waals surface area contributed by atoms with Gasteiger partial charge in [-0.3, -0.25) is 4.90 Å². The van der Waals surface area contributed by atoms with Gasteiger partial charge in [0.25, 0.3) is 0 Å². The summed E-state index contributed by atoms with van der Waals surface area (Å²) >= 11 is 0. The van der Waals surface area contributed by atoms with E-state index in [9.17, 15) is 0 Å². The van der Waals surface area contributed by atoms with Crippen LogP contribution in [0.2, 0.25) is 0 Å². The molecule has 4 heteroatoms. The maximum atomic E-state index is 5.70. The van der Waals surface area contributed by atoms with E-state index in [1.807, 2.05) is 6.07 Å². The van der Waals surface area contributed by atoms with Crippen LogP contribution in [0.15, 0.2) is 24.3 Å². The van der Waals surface area contributed by atoms with Crippen LogP contribution in [0.3, 0.4) is 0 Å². The van der Waals surface area contributed by atoms with Gasteiger partial charge in [-0.15, -0.1) is 12.4 Å². The van der Waals surface area contributed by atoms with Gasteiger partial charge in [-0.05, 0) is 38.0 Å². The van der Waals surface area contributed by atoms with Crippen molar-refractivity contribution in [3.63, 3.8) is 0 Å². The number of hydrogen-bond acceptors (Lipinski definition) is 3. The molecule has 0 amide bonds. The molecule has 2 rings (SSSR count). The van der Waals surface area contributed by atoms with Crippen LogP contribution in [-0.2, 0) is 6.54 Å². The Labute approximate surface area is 129 Å². The Morgan fingerprint density at radius 2 is 1.95 bits per heavy atom. The highest BCUT2D eigenvalue weighted by Gasteiger charge is 2.20. The zero-order valence-electron chi connectivity index (χ0n) is 12.8. The molecule has 20 heavy (non-hydrogen) atoms. The first-order valence-electron chi connectivity index (χ1n) is 7.37. The molecule has 0 spiro atoms. The van der Waals surface area contributed by atoms with E-state index < -0.39 is 0 Å². The molecular formula is C16H27ClN2O. The molecule has 1 aliphatic heterocycles. The van der Waals surface area contributed by atoms with Crippen molar-refractivity contribution in [2.75, 3.05) is 19.7 Å². The minimum Gasteiger partial charge on any atom is -0.494 e. The van der Waals surface area contributed by atoms with E-state index in [0.29, 0.717) is 12.1 Å². The number of benzene rings is 1. The van der Waals surface area contributed by atoms with Gasteiger partial charge in [-0.2, -0.15) is 0 Å². The van der Waals surface area contributed by atoms with Gasteiger partial charge in [0.1, 0.15) is 5.75 Å². The monoisotopic (exact) mass is 298 g/mol. The second-order valence-electron chi connectivity index (χ2n) is 5.66. The molecule has 0 radical (unpaired) electrons. The lowest BCUT2D eigenvalue weighted by molar-refractivity contribution is 0.166. The maximum absolute atomic E-state index is 5.70. The molecule has 2 unspecified atom stereocenters. The van der Waals surface area contributed by atoms with Crippen LogP contribution >= 0.6 is 12.4 Å². The maximum Gasteiger partial charge on any atom is 0.119 e. The fraction of sp³-hybridized carbons (Fsp3) is 0.625. The molecular weight excluding hydrogens is 272 g/mol. The van der Waals surface area contributed by atoms with E-state index in [-0.39, 0.29) is 12.4 Å². The first-order valence-corrected chi connectivity index (χ1v) is 7.37. The number of piperazine rings is 1. The fourth-order valence-electron chi connectivity index (χ4n) is 2.78. The average Bonchev–Trinajstić information content (AvgIpc) is 2.35. The van der Waals surface area contributed by atoms with Crippen LogP contribution in [0.25, 0.3) is 0 Å². The van der Waals surface area contributed by atoms with Crippen molar-refractivity contribution in [1.29, 1.82) is 0 Å². The Kier molecular flexibility index (Phi) is 7.35. The summed E-state index contributed by atoms with van der Waals surface area (Å²) in [6.07, 6.45) is 1.05. The average molecular weight is 299 g/mol. The molecule has 1 N–H and O–H groups in total. The topological polar surface area (TPSA) is 24.5 Å². The zero-order valence-corrected chi connectivity index (χ0v) is 13.6. The van der Waals surface area contributed by atoms with Gasteiger partial charge < -0.3 is 10.1 Å². The Hall–Kier alpha value is -0.770. The van der Waals surface area contributed by atoms with Crippen molar-refractivity contribution in [3.05, 3.63) is 29.8 Å². The van der Waals surface area contributed by atoms with Gasteiger partial charge in [0.15, 0.2) is 0 Å². The van der Waals surface area contributed by atoms with Gasteiger partial charge >= 0.3 is 0 Å². The van der Waals surface area contributed by atoms with E-state index in [2.05, 4.69) is 49.2 Å². The molecule has 0 bridgehead atoms. The lowest BCUT2D eigenvalue weighted by atomic mass is 10.1. The summed E-state index contributed by atoms with van der Waals surface area (Å²) in [5.74, 6) is 0.996. The van der Waals surface area contributed by atoms with Gasteiger partial charge in [0, 0.05) is 31.7 Å². The van der Waals surface area contributed by atoms with E-state index >= 15 is 0 Å². The molecule has 2 atom stereocenters. The molecule has 1 fully saturated rings. The van der Waals surface area contributed by atoms with E-state index in [4.69, 9.17) is 4.74 Å². The van der Waals surface area contributed by atoms with Crippen molar-refractivity contribution in [2.24, 2.45) is 0 Å². The third kappa shape index (κ3) is 5.31. The third-order valence-electron chi connectivity index (χ3n) is 3.41. The quantitative estimate of drug-likeness (QED) is 0.904. The summed E-state index contributed by atoms with van der Waals surface area (Å²) < 4.78 is 5.70. The third-order valence-corrected chi connectivity index (χ3v) is 3.41. The molecule has 1 aliphatic rings. The molecule has 3 nitrogen and oxygen atoms in total. The van der Waals surface area contributed by atoms with Gasteiger partial charge in [-0.25, -0.2) is 0 Å². The van der Waals surface area contributed by atoms with Gasteiger partial charge in [0.2, 0.25) is 0 Å². The van der Waals surface area contributed by atoms with Crippen LogP contribution in [0, 0.1) is 0 Å². The number of rotatable bonds is 5. The number of halogens is 1. The standard InChI is InChI=1S/C16H26N2O.ClH/c1-4-8-19-16-7-5-6-15(9-16)12-18-10-13(2)17-14(3)11-18;/h5-7,9,13-14,17H,4,8,10-12H2,1-3H3;1H. The molecule has 0 aromatic heterocycles. The summed E-state index contributed by atoms with van der Waals surface area (Å²) in [6.45, 7) is 10.7. The smallest absolute Gasteiger partial charge is 0.119 e. The van der Waals surface area contributed by atoms with Crippen molar-refractivity contribution >= 4 is 12.4 Å². The van der Waals surface area contributed by atoms with Crippen LogP contribution < -0.4 is 10.1 Å².